The van der Waals surface area contributed by atoms with E-state index in [1.165, 1.54) is 0 Å². The molecule has 2 heterocycles. The Morgan fingerprint density at radius 3 is 2.71 bits per heavy atom. The first kappa shape index (κ1) is 9.45. The molecule has 0 aromatic carbocycles. The summed E-state index contributed by atoms with van der Waals surface area (Å²) in [5, 5.41) is 0.792. The molecule has 0 spiro atoms. The molecule has 0 aliphatic heterocycles. The van der Waals surface area contributed by atoms with Gasteiger partial charge in [-0.2, -0.15) is 0 Å². The molecule has 14 heavy (non-hydrogen) atoms. The van der Waals surface area contributed by atoms with Gasteiger partial charge in [0, 0.05) is 0 Å². The molecule has 74 valence electrons. The van der Waals surface area contributed by atoms with E-state index < -0.39 is 0 Å². The van der Waals surface area contributed by atoms with Gasteiger partial charge in [-0.15, -0.1) is 0 Å². The van der Waals surface area contributed by atoms with Gasteiger partial charge in [0.15, 0.2) is 10.8 Å². The Hall–Kier alpha value is -1.10. The Kier molecular flexibility index (Phi) is 2.41. The lowest BCUT2D eigenvalue weighted by atomic mass is 10.3. The Labute approximate surface area is 86.6 Å². The van der Waals surface area contributed by atoms with Crippen molar-refractivity contribution < 1.29 is 0 Å². The Morgan fingerprint density at radius 1 is 1.29 bits per heavy atom. The summed E-state index contributed by atoms with van der Waals surface area (Å²) in [7, 11) is 0. The van der Waals surface area contributed by atoms with Crippen molar-refractivity contribution in [2.75, 3.05) is 6.26 Å². The molecular formula is C9H12N4S. The van der Waals surface area contributed by atoms with Gasteiger partial charge in [-0.1, -0.05) is 18.7 Å². The zero-order valence-electron chi connectivity index (χ0n) is 8.46. The quantitative estimate of drug-likeness (QED) is 0.605. The maximum Gasteiger partial charge on any atom is 0.189 e. The summed E-state index contributed by atoms with van der Waals surface area (Å²) in [6.07, 6.45) is 2.87. The molecule has 0 fully saturated rings. The molecule has 1 N–H and O–H groups in total. The van der Waals surface area contributed by atoms with Crippen LogP contribution in [0.2, 0.25) is 0 Å². The number of imidazole rings is 1. The minimum atomic E-state index is 0.777. The van der Waals surface area contributed by atoms with Crippen molar-refractivity contribution in [1.29, 1.82) is 0 Å². The molecule has 0 aliphatic rings. The van der Waals surface area contributed by atoms with Gasteiger partial charge >= 0.3 is 0 Å². The van der Waals surface area contributed by atoms with Crippen LogP contribution < -0.4 is 0 Å². The molecule has 0 atom stereocenters. The summed E-state index contributed by atoms with van der Waals surface area (Å²) >= 11 is 1.55. The van der Waals surface area contributed by atoms with E-state index in [0.717, 1.165) is 34.3 Å². The number of nitrogens with zero attached hydrogens (tertiary/aromatic N) is 3. The number of rotatable bonds is 2. The standard InChI is InChI=1S/C9H12N4S/c1-4-6-7-8(11-5(2)10-7)13-9(12-6)14-3/h4H2,1-3H3,(H,10,11,12,13). The van der Waals surface area contributed by atoms with Gasteiger partial charge in [-0.3, -0.25) is 0 Å². The molecular weight excluding hydrogens is 196 g/mol. The van der Waals surface area contributed by atoms with Gasteiger partial charge in [0.05, 0.1) is 5.69 Å². The third-order valence-corrected chi connectivity index (χ3v) is 2.59. The van der Waals surface area contributed by atoms with Crippen LogP contribution in [-0.2, 0) is 6.42 Å². The van der Waals surface area contributed by atoms with Gasteiger partial charge in [0.1, 0.15) is 11.3 Å². The maximum atomic E-state index is 4.43. The molecule has 0 unspecified atom stereocenters. The van der Waals surface area contributed by atoms with E-state index in [9.17, 15) is 0 Å². The van der Waals surface area contributed by atoms with Gasteiger partial charge in [-0.05, 0) is 19.6 Å². The summed E-state index contributed by atoms with van der Waals surface area (Å²) in [5.41, 5.74) is 2.79. The molecule has 0 saturated heterocycles. The van der Waals surface area contributed by atoms with Crippen LogP contribution in [-0.4, -0.2) is 26.2 Å². The van der Waals surface area contributed by atoms with Crippen LogP contribution in [0.3, 0.4) is 0 Å². The van der Waals surface area contributed by atoms with Crippen LogP contribution >= 0.6 is 11.8 Å². The number of aromatic amines is 1. The third-order valence-electron chi connectivity index (χ3n) is 2.04. The first-order valence-electron chi connectivity index (χ1n) is 4.51. The van der Waals surface area contributed by atoms with Crippen LogP contribution in [0.5, 0.6) is 0 Å². The van der Waals surface area contributed by atoms with E-state index in [4.69, 9.17) is 0 Å². The number of nitrogens with one attached hydrogen (secondary N) is 1. The minimum absolute atomic E-state index is 0.777. The van der Waals surface area contributed by atoms with E-state index >= 15 is 0 Å². The predicted molar refractivity (Wildman–Crippen MR) is 57.6 cm³/mol. The summed E-state index contributed by atoms with van der Waals surface area (Å²) in [5.74, 6) is 0.891. The van der Waals surface area contributed by atoms with Crippen LogP contribution in [0.1, 0.15) is 18.4 Å². The third kappa shape index (κ3) is 1.48. The second-order valence-electron chi connectivity index (χ2n) is 3.03. The first-order chi connectivity index (χ1) is 6.74. The van der Waals surface area contributed by atoms with E-state index in [-0.39, 0.29) is 0 Å². The van der Waals surface area contributed by atoms with Gasteiger partial charge in [0.25, 0.3) is 0 Å². The monoisotopic (exact) mass is 208 g/mol. The summed E-state index contributed by atoms with van der Waals surface area (Å²) in [6, 6.07) is 0. The van der Waals surface area contributed by atoms with Crippen molar-refractivity contribution >= 4 is 22.9 Å². The number of thioether (sulfide) groups is 1. The van der Waals surface area contributed by atoms with Crippen molar-refractivity contribution in [1.82, 2.24) is 19.9 Å². The second kappa shape index (κ2) is 3.57. The molecule has 0 aliphatic carbocycles. The van der Waals surface area contributed by atoms with Crippen LogP contribution in [0, 0.1) is 6.92 Å². The lowest BCUT2D eigenvalue weighted by Gasteiger charge is -1.99. The molecule has 2 rings (SSSR count). The first-order valence-corrected chi connectivity index (χ1v) is 5.74. The molecule has 4 nitrogen and oxygen atoms in total. The number of H-pyrrole nitrogens is 1. The Morgan fingerprint density at radius 2 is 2.07 bits per heavy atom. The summed E-state index contributed by atoms with van der Waals surface area (Å²) < 4.78 is 0. The summed E-state index contributed by atoms with van der Waals surface area (Å²) in [4.78, 5) is 16.3. The van der Waals surface area contributed by atoms with Crippen molar-refractivity contribution in [3.05, 3.63) is 11.5 Å². The fraction of sp³-hybridized carbons (Fsp3) is 0.444. The largest absolute Gasteiger partial charge is 0.339 e. The van der Waals surface area contributed by atoms with Crippen molar-refractivity contribution in [3.8, 4) is 0 Å². The second-order valence-corrected chi connectivity index (χ2v) is 3.80. The van der Waals surface area contributed by atoms with Gasteiger partial charge < -0.3 is 4.98 Å². The lowest BCUT2D eigenvalue weighted by Crippen LogP contribution is -1.94. The van der Waals surface area contributed by atoms with Crippen LogP contribution in [0.4, 0.5) is 0 Å². The number of hydrogen-bond acceptors (Lipinski definition) is 4. The number of hydrogen-bond donors (Lipinski definition) is 1. The predicted octanol–water partition coefficient (Wildman–Crippen LogP) is 1.95. The zero-order valence-corrected chi connectivity index (χ0v) is 9.27. The molecule has 0 amide bonds. The van der Waals surface area contributed by atoms with Crippen LogP contribution in [0.25, 0.3) is 11.2 Å². The SMILES string of the molecule is CCc1nc(SC)nc2nc(C)[nH]c12. The normalized spacial score (nSPS) is 11.1. The number of aryl methyl sites for hydroxylation is 2. The highest BCUT2D eigenvalue weighted by Gasteiger charge is 2.08. The number of aromatic nitrogens is 4. The lowest BCUT2D eigenvalue weighted by molar-refractivity contribution is 0.917. The molecule has 5 heteroatoms. The highest BCUT2D eigenvalue weighted by molar-refractivity contribution is 7.98. The number of fused-ring (bicyclic) bond motifs is 1. The zero-order chi connectivity index (χ0) is 10.1. The summed E-state index contributed by atoms with van der Waals surface area (Å²) in [6.45, 7) is 4.02. The Bertz CT molecular complexity index is 463. The maximum absolute atomic E-state index is 4.43. The average molecular weight is 208 g/mol. The average Bonchev–Trinajstić information content (AvgIpc) is 2.56. The topological polar surface area (TPSA) is 54.5 Å². The molecule has 0 bridgehead atoms. The Balaban J connectivity index is 2.72. The van der Waals surface area contributed by atoms with E-state index in [1.54, 1.807) is 11.8 Å². The highest BCUT2D eigenvalue weighted by Crippen LogP contribution is 2.17. The van der Waals surface area contributed by atoms with Gasteiger partial charge in [0.2, 0.25) is 0 Å². The van der Waals surface area contributed by atoms with Crippen molar-refractivity contribution in [3.63, 3.8) is 0 Å². The smallest absolute Gasteiger partial charge is 0.189 e. The fourth-order valence-corrected chi connectivity index (χ4v) is 1.77. The van der Waals surface area contributed by atoms with E-state index in [0.29, 0.717) is 0 Å². The van der Waals surface area contributed by atoms with Crippen LogP contribution in [0.15, 0.2) is 5.16 Å². The van der Waals surface area contributed by atoms with E-state index in [2.05, 4.69) is 26.9 Å². The molecule has 2 aromatic rings. The molecule has 0 radical (unpaired) electrons. The van der Waals surface area contributed by atoms with E-state index in [1.807, 2.05) is 13.2 Å². The van der Waals surface area contributed by atoms with Gasteiger partial charge in [-0.25, -0.2) is 15.0 Å². The minimum Gasteiger partial charge on any atom is -0.339 e. The van der Waals surface area contributed by atoms with Crippen molar-refractivity contribution in [2.24, 2.45) is 0 Å². The fourth-order valence-electron chi connectivity index (χ4n) is 1.40. The molecule has 0 saturated carbocycles. The highest BCUT2D eigenvalue weighted by atomic mass is 32.2. The van der Waals surface area contributed by atoms with Crippen molar-refractivity contribution in [2.45, 2.75) is 25.4 Å². The molecule has 2 aromatic heterocycles.